The number of rotatable bonds is 2. The predicted molar refractivity (Wildman–Crippen MR) is 65.0 cm³/mol. The molecule has 0 saturated carbocycles. The Labute approximate surface area is 103 Å². The molecule has 4 heteroatoms. The first-order chi connectivity index (χ1) is 7.50. The molecule has 0 unspecified atom stereocenters. The Balaban J connectivity index is 3.02. The largest absolute Gasteiger partial charge is 0.300 e. The van der Waals surface area contributed by atoms with Gasteiger partial charge in [-0.25, -0.2) is 0 Å². The van der Waals surface area contributed by atoms with Crippen molar-refractivity contribution in [2.75, 3.05) is 0 Å². The smallest absolute Gasteiger partial charge is 0.170 e. The summed E-state index contributed by atoms with van der Waals surface area (Å²) in [6.07, 6.45) is 0.913. The zero-order chi connectivity index (χ0) is 13.5. The van der Waals surface area contributed by atoms with E-state index in [0.29, 0.717) is 12.8 Å². The van der Waals surface area contributed by atoms with Crippen LogP contribution in [0.4, 0.5) is 0 Å². The Bertz CT molecular complexity index is 344. The van der Waals surface area contributed by atoms with Crippen molar-refractivity contribution in [2.24, 2.45) is 0 Å². The highest BCUT2D eigenvalue weighted by Gasteiger charge is 2.48. The van der Waals surface area contributed by atoms with Gasteiger partial charge in [0, 0.05) is 23.9 Å². The van der Waals surface area contributed by atoms with Crippen LogP contribution in [0.5, 0.6) is 0 Å². The lowest BCUT2D eigenvalue weighted by molar-refractivity contribution is -0.310. The summed E-state index contributed by atoms with van der Waals surface area (Å²) < 4.78 is 0. The highest BCUT2D eigenvalue weighted by Crippen LogP contribution is 2.38. The van der Waals surface area contributed by atoms with Crippen LogP contribution in [0.2, 0.25) is 0 Å². The van der Waals surface area contributed by atoms with Crippen LogP contribution in [0.25, 0.3) is 0 Å². The lowest BCUT2D eigenvalue weighted by Crippen LogP contribution is -2.62. The van der Waals surface area contributed by atoms with Gasteiger partial charge in [0.25, 0.3) is 0 Å². The van der Waals surface area contributed by atoms with Crippen molar-refractivity contribution >= 4 is 5.78 Å². The average Bonchev–Trinajstić information content (AvgIpc) is 2.10. The second kappa shape index (κ2) is 4.08. The van der Waals surface area contributed by atoms with E-state index in [0.717, 1.165) is 0 Å². The number of ketones is 1. The molecule has 1 fully saturated rings. The summed E-state index contributed by atoms with van der Waals surface area (Å²) in [5.74, 6) is 0.245. The molecule has 4 nitrogen and oxygen atoms in total. The zero-order valence-corrected chi connectivity index (χ0v) is 11.6. The fraction of sp³-hybridized carbons (Fsp3) is 0.846. The van der Waals surface area contributed by atoms with E-state index >= 15 is 0 Å². The molecule has 0 spiro atoms. The van der Waals surface area contributed by atoms with Crippen molar-refractivity contribution in [2.45, 2.75) is 71.1 Å². The summed E-state index contributed by atoms with van der Waals surface area (Å²) in [7, 11) is 0. The highest BCUT2D eigenvalue weighted by atomic mass is 16.7. The molecule has 1 rings (SSSR count). The van der Waals surface area contributed by atoms with Gasteiger partial charge in [0.05, 0.1) is 6.07 Å². The lowest BCUT2D eigenvalue weighted by atomic mass is 9.81. The van der Waals surface area contributed by atoms with Gasteiger partial charge in [0.15, 0.2) is 5.60 Å². The first-order valence-corrected chi connectivity index (χ1v) is 5.93. The Morgan fingerprint density at radius 2 is 1.65 bits per heavy atom. The number of piperidine rings is 1. The number of nitrogens with zero attached hydrogens (tertiary/aromatic N) is 2. The fourth-order valence-electron chi connectivity index (χ4n) is 2.49. The maximum Gasteiger partial charge on any atom is 0.170 e. The number of hydrogen-bond acceptors (Lipinski definition) is 4. The Kier molecular flexibility index (Phi) is 3.39. The molecule has 0 bridgehead atoms. The van der Waals surface area contributed by atoms with E-state index in [-0.39, 0.29) is 16.9 Å². The van der Waals surface area contributed by atoms with E-state index in [9.17, 15) is 4.79 Å². The maximum atomic E-state index is 11.7. The molecule has 96 valence electrons. The van der Waals surface area contributed by atoms with Gasteiger partial charge in [-0.15, -0.1) is 0 Å². The number of nitriles is 1. The summed E-state index contributed by atoms with van der Waals surface area (Å²) in [5, 5.41) is 10.9. The van der Waals surface area contributed by atoms with Gasteiger partial charge >= 0.3 is 0 Å². The maximum absolute atomic E-state index is 11.7. The Morgan fingerprint density at radius 1 is 1.24 bits per heavy atom. The van der Waals surface area contributed by atoms with Gasteiger partial charge in [-0.1, -0.05) is 0 Å². The molecule has 1 heterocycles. The van der Waals surface area contributed by atoms with Crippen LogP contribution in [-0.2, 0) is 9.63 Å². The van der Waals surface area contributed by atoms with Gasteiger partial charge in [0.1, 0.15) is 5.78 Å². The van der Waals surface area contributed by atoms with Crippen LogP contribution in [0, 0.1) is 11.3 Å². The van der Waals surface area contributed by atoms with Crippen LogP contribution in [0.15, 0.2) is 0 Å². The highest BCUT2D eigenvalue weighted by molar-refractivity contribution is 5.81. The summed E-state index contributed by atoms with van der Waals surface area (Å²) in [6, 6.07) is 2.13. The first kappa shape index (κ1) is 14.1. The lowest BCUT2D eigenvalue weighted by Gasteiger charge is -2.52. The van der Waals surface area contributed by atoms with Gasteiger partial charge in [-0.3, -0.25) is 9.63 Å². The van der Waals surface area contributed by atoms with Gasteiger partial charge in [-0.2, -0.15) is 10.3 Å². The number of hydrogen-bond donors (Lipinski definition) is 0. The predicted octanol–water partition coefficient (Wildman–Crippen LogP) is 2.44. The molecular weight excluding hydrogens is 216 g/mol. The SMILES string of the molecule is CC(C)(C#N)ON1C(C)(C)CC(=O)CC1(C)C. The molecule has 0 aliphatic carbocycles. The van der Waals surface area contributed by atoms with Gasteiger partial charge < -0.3 is 0 Å². The molecule has 0 aromatic rings. The summed E-state index contributed by atoms with van der Waals surface area (Å²) >= 11 is 0. The Hall–Kier alpha value is -0.920. The molecule has 1 aliphatic rings. The molecule has 0 aromatic heterocycles. The van der Waals surface area contributed by atoms with E-state index in [4.69, 9.17) is 10.1 Å². The Morgan fingerprint density at radius 3 is 2.00 bits per heavy atom. The van der Waals surface area contributed by atoms with E-state index < -0.39 is 5.60 Å². The fourth-order valence-corrected chi connectivity index (χ4v) is 2.49. The molecular formula is C13H22N2O2. The summed E-state index contributed by atoms with van der Waals surface area (Å²) in [6.45, 7) is 11.3. The third-order valence-electron chi connectivity index (χ3n) is 2.95. The standard InChI is InChI=1S/C13H22N2O2/c1-11(2)7-10(16)8-12(3,4)15(11)17-13(5,6)9-14/h7-8H2,1-6H3. The van der Waals surface area contributed by atoms with Gasteiger partial charge in [-0.05, 0) is 41.5 Å². The molecule has 0 N–H and O–H groups in total. The number of carbonyl (C=O) groups is 1. The van der Waals surface area contributed by atoms with Crippen molar-refractivity contribution in [3.63, 3.8) is 0 Å². The second-order valence-corrected chi connectivity index (χ2v) is 6.52. The van der Waals surface area contributed by atoms with Crippen LogP contribution in [0.3, 0.4) is 0 Å². The van der Waals surface area contributed by atoms with E-state index in [1.807, 2.05) is 32.8 Å². The van der Waals surface area contributed by atoms with Crippen molar-refractivity contribution in [1.82, 2.24) is 5.06 Å². The summed E-state index contributed by atoms with van der Waals surface area (Å²) in [4.78, 5) is 17.6. The number of hydroxylamine groups is 2. The van der Waals surface area contributed by atoms with Crippen LogP contribution in [0.1, 0.15) is 54.4 Å². The number of Topliss-reactive ketones (excluding diaryl/α,β-unsaturated/α-hetero) is 1. The molecule has 0 aromatic carbocycles. The first-order valence-electron chi connectivity index (χ1n) is 5.93. The molecule has 0 amide bonds. The molecule has 17 heavy (non-hydrogen) atoms. The molecule has 1 saturated heterocycles. The van der Waals surface area contributed by atoms with Crippen LogP contribution >= 0.6 is 0 Å². The van der Waals surface area contributed by atoms with Crippen molar-refractivity contribution in [3.8, 4) is 6.07 Å². The van der Waals surface area contributed by atoms with Crippen molar-refractivity contribution in [1.29, 1.82) is 5.26 Å². The topological polar surface area (TPSA) is 53.3 Å². The molecule has 0 atom stereocenters. The van der Waals surface area contributed by atoms with Crippen LogP contribution < -0.4 is 0 Å². The third-order valence-corrected chi connectivity index (χ3v) is 2.95. The zero-order valence-electron chi connectivity index (χ0n) is 11.6. The molecule has 0 radical (unpaired) electrons. The normalized spacial score (nSPS) is 24.4. The minimum atomic E-state index is -0.880. The second-order valence-electron chi connectivity index (χ2n) is 6.52. The minimum Gasteiger partial charge on any atom is -0.300 e. The minimum absolute atomic E-state index is 0.245. The van der Waals surface area contributed by atoms with Crippen LogP contribution in [-0.4, -0.2) is 27.5 Å². The third kappa shape index (κ3) is 3.05. The quantitative estimate of drug-likeness (QED) is 0.741. The monoisotopic (exact) mass is 238 g/mol. The number of carbonyl (C=O) groups excluding carboxylic acids is 1. The van der Waals surface area contributed by atoms with Gasteiger partial charge in [0.2, 0.25) is 0 Å². The summed E-state index contributed by atoms with van der Waals surface area (Å²) in [5.41, 5.74) is -1.64. The average molecular weight is 238 g/mol. The van der Waals surface area contributed by atoms with E-state index in [1.165, 1.54) is 0 Å². The van der Waals surface area contributed by atoms with Crippen molar-refractivity contribution < 1.29 is 9.63 Å². The molecule has 1 aliphatic heterocycles. The van der Waals surface area contributed by atoms with E-state index in [2.05, 4.69) is 6.07 Å². The van der Waals surface area contributed by atoms with E-state index in [1.54, 1.807) is 13.8 Å². The van der Waals surface area contributed by atoms with Crippen molar-refractivity contribution in [3.05, 3.63) is 0 Å².